The predicted molar refractivity (Wildman–Crippen MR) is 61.7 cm³/mol. The van der Waals surface area contributed by atoms with Crippen molar-refractivity contribution >= 4 is 12.0 Å². The van der Waals surface area contributed by atoms with Crippen molar-refractivity contribution in [3.8, 4) is 5.75 Å². The summed E-state index contributed by atoms with van der Waals surface area (Å²) < 4.78 is 5.00. The molecule has 1 aromatic rings. The van der Waals surface area contributed by atoms with Gasteiger partial charge in [-0.2, -0.15) is 0 Å². The van der Waals surface area contributed by atoms with Gasteiger partial charge in [0.2, 0.25) is 0 Å². The monoisotopic (exact) mass is 202 g/mol. The van der Waals surface area contributed by atoms with E-state index in [0.717, 1.165) is 17.2 Å². The maximum absolute atomic E-state index is 10.9. The second-order valence-corrected chi connectivity index (χ2v) is 3.14. The number of rotatable bonds is 3. The van der Waals surface area contributed by atoms with Crippen molar-refractivity contribution in [1.29, 1.82) is 0 Å². The molecule has 0 aliphatic heterocycles. The Balaban J connectivity index is 2.91. The fourth-order valence-corrected chi connectivity index (χ4v) is 1.24. The zero-order valence-electron chi connectivity index (χ0n) is 8.99. The lowest BCUT2D eigenvalue weighted by atomic mass is 10.1. The van der Waals surface area contributed by atoms with Gasteiger partial charge in [0.05, 0.1) is 0 Å². The summed E-state index contributed by atoms with van der Waals surface area (Å²) in [7, 11) is 0. The Bertz CT molecular complexity index is 403. The van der Waals surface area contributed by atoms with E-state index in [2.05, 4.69) is 6.58 Å². The Morgan fingerprint density at radius 1 is 1.47 bits per heavy atom. The van der Waals surface area contributed by atoms with Crippen LogP contribution in [0.3, 0.4) is 0 Å². The van der Waals surface area contributed by atoms with E-state index in [9.17, 15) is 4.79 Å². The van der Waals surface area contributed by atoms with E-state index in [0.29, 0.717) is 5.75 Å². The Kier molecular flexibility index (Phi) is 3.86. The van der Waals surface area contributed by atoms with E-state index >= 15 is 0 Å². The third kappa shape index (κ3) is 3.09. The quantitative estimate of drug-likeness (QED) is 0.427. The maximum atomic E-state index is 10.9. The third-order valence-corrected chi connectivity index (χ3v) is 1.97. The van der Waals surface area contributed by atoms with Crippen molar-refractivity contribution in [2.45, 2.75) is 13.8 Å². The van der Waals surface area contributed by atoms with Crippen LogP contribution < -0.4 is 4.74 Å². The maximum Gasteiger partial charge on any atom is 0.335 e. The fourth-order valence-electron chi connectivity index (χ4n) is 1.24. The first-order valence-electron chi connectivity index (χ1n) is 4.75. The molecule has 0 saturated heterocycles. The first-order valence-corrected chi connectivity index (χ1v) is 4.75. The molecule has 0 aliphatic rings. The fraction of sp³-hybridized carbons (Fsp3) is 0.154. The van der Waals surface area contributed by atoms with Gasteiger partial charge in [0.1, 0.15) is 5.75 Å². The van der Waals surface area contributed by atoms with Crippen molar-refractivity contribution in [3.05, 3.63) is 48.1 Å². The average Bonchev–Trinajstić information content (AvgIpc) is 2.22. The third-order valence-electron chi connectivity index (χ3n) is 1.97. The lowest BCUT2D eigenvalue weighted by molar-refractivity contribution is -0.128. The summed E-state index contributed by atoms with van der Waals surface area (Å²) in [5, 5.41) is 0. The molecule has 0 bridgehead atoms. The van der Waals surface area contributed by atoms with Crippen LogP contribution in [0.25, 0.3) is 6.08 Å². The standard InChI is InChI=1S/C13H14O2/c1-4-6-11-7-8-12(9-10(11)3)15-13(14)5-2/h4-9H,2H2,1,3H3/b6-4-. The van der Waals surface area contributed by atoms with Crippen molar-refractivity contribution in [3.63, 3.8) is 0 Å². The number of carbonyl (C=O) groups excluding carboxylic acids is 1. The SMILES string of the molecule is C=CC(=O)Oc1ccc(/C=C\C)c(C)c1. The molecule has 1 rings (SSSR count). The molecule has 1 aromatic carbocycles. The molecular formula is C13H14O2. The molecule has 0 aromatic heterocycles. The topological polar surface area (TPSA) is 26.3 Å². The van der Waals surface area contributed by atoms with Gasteiger partial charge in [0.25, 0.3) is 0 Å². The smallest absolute Gasteiger partial charge is 0.335 e. The van der Waals surface area contributed by atoms with Crippen LogP contribution in [0.5, 0.6) is 5.75 Å². The van der Waals surface area contributed by atoms with Gasteiger partial charge < -0.3 is 4.74 Å². The van der Waals surface area contributed by atoms with Crippen molar-refractivity contribution in [1.82, 2.24) is 0 Å². The minimum atomic E-state index is -0.437. The average molecular weight is 202 g/mol. The first kappa shape index (κ1) is 11.2. The van der Waals surface area contributed by atoms with Crippen LogP contribution >= 0.6 is 0 Å². The molecule has 0 fully saturated rings. The molecule has 0 aliphatic carbocycles. The number of esters is 1. The highest BCUT2D eigenvalue weighted by Gasteiger charge is 2.01. The van der Waals surface area contributed by atoms with E-state index in [4.69, 9.17) is 4.74 Å². The summed E-state index contributed by atoms with van der Waals surface area (Å²) in [6, 6.07) is 5.52. The number of benzene rings is 1. The zero-order valence-corrected chi connectivity index (χ0v) is 8.99. The van der Waals surface area contributed by atoms with Crippen LogP contribution in [0, 0.1) is 6.92 Å². The normalized spacial score (nSPS) is 10.3. The van der Waals surface area contributed by atoms with Gasteiger partial charge >= 0.3 is 5.97 Å². The number of allylic oxidation sites excluding steroid dienone is 1. The minimum absolute atomic E-state index is 0.437. The molecule has 0 amide bonds. The Labute approximate surface area is 89.9 Å². The molecule has 0 atom stereocenters. The molecule has 0 radical (unpaired) electrons. The number of carbonyl (C=O) groups is 1. The summed E-state index contributed by atoms with van der Waals surface area (Å²) in [6.07, 6.45) is 5.13. The molecule has 0 N–H and O–H groups in total. The van der Waals surface area contributed by atoms with Crippen LogP contribution in [-0.4, -0.2) is 5.97 Å². The largest absolute Gasteiger partial charge is 0.423 e. The summed E-state index contributed by atoms with van der Waals surface area (Å²) in [5.41, 5.74) is 2.19. The van der Waals surface area contributed by atoms with Gasteiger partial charge in [0.15, 0.2) is 0 Å². The van der Waals surface area contributed by atoms with E-state index < -0.39 is 5.97 Å². The van der Waals surface area contributed by atoms with Gasteiger partial charge in [-0.05, 0) is 37.1 Å². The van der Waals surface area contributed by atoms with E-state index in [1.165, 1.54) is 0 Å². The Morgan fingerprint density at radius 3 is 2.73 bits per heavy atom. The number of hydrogen-bond donors (Lipinski definition) is 0. The van der Waals surface area contributed by atoms with Crippen molar-refractivity contribution < 1.29 is 9.53 Å². The van der Waals surface area contributed by atoms with Gasteiger partial charge in [-0.25, -0.2) is 4.79 Å². The highest BCUT2D eigenvalue weighted by molar-refractivity contribution is 5.83. The number of hydrogen-bond acceptors (Lipinski definition) is 2. The molecule has 0 unspecified atom stereocenters. The molecule has 0 spiro atoms. The summed E-state index contributed by atoms with van der Waals surface area (Å²) in [5.74, 6) is 0.110. The first-order chi connectivity index (χ1) is 7.17. The summed E-state index contributed by atoms with van der Waals surface area (Å²) in [6.45, 7) is 7.28. The second kappa shape index (κ2) is 5.15. The van der Waals surface area contributed by atoms with Gasteiger partial charge in [-0.1, -0.05) is 24.8 Å². The minimum Gasteiger partial charge on any atom is -0.423 e. The van der Waals surface area contributed by atoms with Crippen LogP contribution in [-0.2, 0) is 4.79 Å². The molecule has 0 saturated carbocycles. The molecular weight excluding hydrogens is 188 g/mol. The Hall–Kier alpha value is -1.83. The van der Waals surface area contributed by atoms with Crippen molar-refractivity contribution in [2.24, 2.45) is 0 Å². The summed E-state index contributed by atoms with van der Waals surface area (Å²) >= 11 is 0. The lowest BCUT2D eigenvalue weighted by Gasteiger charge is -2.04. The lowest BCUT2D eigenvalue weighted by Crippen LogP contribution is -2.03. The van der Waals surface area contributed by atoms with E-state index in [1.807, 2.05) is 38.1 Å². The summed E-state index contributed by atoms with van der Waals surface area (Å²) in [4.78, 5) is 10.9. The van der Waals surface area contributed by atoms with E-state index in [1.54, 1.807) is 6.07 Å². The Morgan fingerprint density at radius 2 is 2.20 bits per heavy atom. The van der Waals surface area contributed by atoms with Gasteiger partial charge in [-0.3, -0.25) is 0 Å². The van der Waals surface area contributed by atoms with Crippen molar-refractivity contribution in [2.75, 3.05) is 0 Å². The van der Waals surface area contributed by atoms with Gasteiger partial charge in [0, 0.05) is 6.08 Å². The molecule has 15 heavy (non-hydrogen) atoms. The number of ether oxygens (including phenoxy) is 1. The highest BCUT2D eigenvalue weighted by atomic mass is 16.5. The van der Waals surface area contributed by atoms with Crippen LogP contribution in [0.2, 0.25) is 0 Å². The second-order valence-electron chi connectivity index (χ2n) is 3.14. The predicted octanol–water partition coefficient (Wildman–Crippen LogP) is 3.12. The molecule has 2 nitrogen and oxygen atoms in total. The van der Waals surface area contributed by atoms with Crippen LogP contribution in [0.1, 0.15) is 18.1 Å². The van der Waals surface area contributed by atoms with E-state index in [-0.39, 0.29) is 0 Å². The van der Waals surface area contributed by atoms with Crippen LogP contribution in [0.4, 0.5) is 0 Å². The van der Waals surface area contributed by atoms with Gasteiger partial charge in [-0.15, -0.1) is 0 Å². The highest BCUT2D eigenvalue weighted by Crippen LogP contribution is 2.18. The zero-order chi connectivity index (χ0) is 11.3. The number of aryl methyl sites for hydroxylation is 1. The molecule has 0 heterocycles. The van der Waals surface area contributed by atoms with Crippen LogP contribution in [0.15, 0.2) is 36.9 Å². The molecule has 78 valence electrons. The molecule has 2 heteroatoms.